The van der Waals surface area contributed by atoms with Crippen LogP contribution in [0.4, 0.5) is 0 Å². The van der Waals surface area contributed by atoms with Crippen LogP contribution >= 0.6 is 0 Å². The summed E-state index contributed by atoms with van der Waals surface area (Å²) in [6.07, 6.45) is 3.25. The molecule has 8 nitrogen and oxygen atoms in total. The molecule has 3 heterocycles. The lowest BCUT2D eigenvalue weighted by Gasteiger charge is -2.10. The number of aromatic nitrogens is 3. The summed E-state index contributed by atoms with van der Waals surface area (Å²) in [5.41, 5.74) is 1.27. The number of ether oxygens (including phenoxy) is 1. The molecule has 8 heteroatoms. The Kier molecular flexibility index (Phi) is 5.13. The highest BCUT2D eigenvalue weighted by molar-refractivity contribution is 5.98. The molecule has 3 aromatic heterocycles. The number of carbonyl (C=O) groups is 1. The number of hydrogen-bond acceptors (Lipinski definition) is 6. The van der Waals surface area contributed by atoms with Crippen LogP contribution < -0.4 is 10.9 Å². The topological polar surface area (TPSA) is 99.2 Å². The fourth-order valence-electron chi connectivity index (χ4n) is 2.65. The quantitative estimate of drug-likeness (QED) is 0.720. The van der Waals surface area contributed by atoms with Crippen LogP contribution in [0, 0.1) is 13.8 Å². The van der Waals surface area contributed by atoms with Crippen molar-refractivity contribution in [3.05, 3.63) is 57.8 Å². The highest BCUT2D eigenvalue weighted by atomic mass is 16.5. The lowest BCUT2D eigenvalue weighted by atomic mass is 10.1. The second-order valence-electron chi connectivity index (χ2n) is 5.89. The highest BCUT2D eigenvalue weighted by Gasteiger charge is 2.14. The first kappa shape index (κ1) is 17.8. The SMILES string of the molecule is COCCn1ccc2nc(C)c(C(=O)NCc3cnc(C)o3)cc2c1=O. The summed E-state index contributed by atoms with van der Waals surface area (Å²) in [5.74, 6) is 0.774. The number of rotatable bonds is 6. The van der Waals surface area contributed by atoms with Gasteiger partial charge < -0.3 is 19.0 Å². The molecule has 3 rings (SSSR count). The second-order valence-corrected chi connectivity index (χ2v) is 5.89. The molecule has 0 atom stereocenters. The first-order chi connectivity index (χ1) is 12.5. The number of hydrogen-bond donors (Lipinski definition) is 1. The molecule has 0 aromatic carbocycles. The highest BCUT2D eigenvalue weighted by Crippen LogP contribution is 2.14. The van der Waals surface area contributed by atoms with Gasteiger partial charge in [0.05, 0.1) is 41.5 Å². The molecule has 3 aromatic rings. The number of oxazole rings is 1. The van der Waals surface area contributed by atoms with Crippen molar-refractivity contribution in [3.8, 4) is 0 Å². The van der Waals surface area contributed by atoms with Gasteiger partial charge in [-0.1, -0.05) is 0 Å². The van der Waals surface area contributed by atoms with Crippen molar-refractivity contribution in [1.29, 1.82) is 0 Å². The third-order valence-corrected chi connectivity index (χ3v) is 4.02. The Morgan fingerprint density at radius 2 is 2.19 bits per heavy atom. The van der Waals surface area contributed by atoms with E-state index in [1.807, 2.05) is 0 Å². The molecule has 0 unspecified atom stereocenters. The molecule has 0 bridgehead atoms. The number of nitrogens with one attached hydrogen (secondary N) is 1. The van der Waals surface area contributed by atoms with Gasteiger partial charge in [-0.25, -0.2) is 4.98 Å². The molecule has 0 aliphatic rings. The molecule has 0 fully saturated rings. The molecule has 0 spiro atoms. The number of fused-ring (bicyclic) bond motifs is 1. The second kappa shape index (κ2) is 7.49. The summed E-state index contributed by atoms with van der Waals surface area (Å²) < 4.78 is 11.9. The molecular weight excluding hydrogens is 336 g/mol. The number of pyridine rings is 2. The molecule has 136 valence electrons. The third-order valence-electron chi connectivity index (χ3n) is 4.02. The maximum absolute atomic E-state index is 12.6. The van der Waals surface area contributed by atoms with E-state index in [4.69, 9.17) is 9.15 Å². The summed E-state index contributed by atoms with van der Waals surface area (Å²) >= 11 is 0. The van der Waals surface area contributed by atoms with Crippen LogP contribution in [0.15, 0.2) is 33.7 Å². The van der Waals surface area contributed by atoms with Crippen LogP contribution in [0.1, 0.15) is 27.7 Å². The monoisotopic (exact) mass is 356 g/mol. The van der Waals surface area contributed by atoms with Crippen molar-refractivity contribution < 1.29 is 13.9 Å². The molecule has 0 aliphatic heterocycles. The van der Waals surface area contributed by atoms with Crippen LogP contribution in [0.5, 0.6) is 0 Å². The van der Waals surface area contributed by atoms with E-state index in [0.717, 1.165) is 0 Å². The van der Waals surface area contributed by atoms with Crippen molar-refractivity contribution in [2.45, 2.75) is 26.9 Å². The minimum absolute atomic E-state index is 0.202. The van der Waals surface area contributed by atoms with E-state index in [2.05, 4.69) is 15.3 Å². The van der Waals surface area contributed by atoms with Gasteiger partial charge in [0.1, 0.15) is 5.76 Å². The first-order valence-electron chi connectivity index (χ1n) is 8.19. The van der Waals surface area contributed by atoms with Crippen molar-refractivity contribution >= 4 is 16.8 Å². The van der Waals surface area contributed by atoms with Gasteiger partial charge >= 0.3 is 0 Å². The average Bonchev–Trinajstić information content (AvgIpc) is 3.04. The van der Waals surface area contributed by atoms with E-state index in [-0.39, 0.29) is 18.0 Å². The van der Waals surface area contributed by atoms with E-state index in [0.29, 0.717) is 47.0 Å². The smallest absolute Gasteiger partial charge is 0.260 e. The summed E-state index contributed by atoms with van der Waals surface area (Å²) in [5, 5.41) is 3.16. The lowest BCUT2D eigenvalue weighted by molar-refractivity contribution is 0.0947. The van der Waals surface area contributed by atoms with Crippen LogP contribution in [-0.4, -0.2) is 34.2 Å². The van der Waals surface area contributed by atoms with E-state index < -0.39 is 0 Å². The van der Waals surface area contributed by atoms with Gasteiger partial charge in [-0.3, -0.25) is 14.6 Å². The number of methoxy groups -OCH3 is 1. The predicted octanol–water partition coefficient (Wildman–Crippen LogP) is 1.58. The minimum Gasteiger partial charge on any atom is -0.444 e. The first-order valence-corrected chi connectivity index (χ1v) is 8.19. The van der Waals surface area contributed by atoms with Crippen LogP contribution in [0.2, 0.25) is 0 Å². The Labute approximate surface area is 149 Å². The van der Waals surface area contributed by atoms with Gasteiger partial charge in [0, 0.05) is 26.8 Å². The fourth-order valence-corrected chi connectivity index (χ4v) is 2.65. The molecule has 0 saturated heterocycles. The van der Waals surface area contributed by atoms with E-state index in [1.54, 1.807) is 50.1 Å². The molecular formula is C18H20N4O4. The fraction of sp³-hybridized carbons (Fsp3) is 0.333. The zero-order valence-corrected chi connectivity index (χ0v) is 14.9. The van der Waals surface area contributed by atoms with Gasteiger partial charge in [-0.2, -0.15) is 0 Å². The minimum atomic E-state index is -0.322. The van der Waals surface area contributed by atoms with E-state index >= 15 is 0 Å². The number of amides is 1. The third kappa shape index (κ3) is 3.65. The number of carbonyl (C=O) groups excluding carboxylic acids is 1. The van der Waals surface area contributed by atoms with Crippen LogP contribution in [0.25, 0.3) is 10.9 Å². The van der Waals surface area contributed by atoms with Crippen molar-refractivity contribution in [2.75, 3.05) is 13.7 Å². The maximum Gasteiger partial charge on any atom is 0.260 e. The summed E-state index contributed by atoms with van der Waals surface area (Å²) in [6.45, 7) is 4.55. The van der Waals surface area contributed by atoms with Crippen molar-refractivity contribution in [1.82, 2.24) is 19.9 Å². The van der Waals surface area contributed by atoms with E-state index in [9.17, 15) is 9.59 Å². The molecule has 1 N–H and O–H groups in total. The van der Waals surface area contributed by atoms with Gasteiger partial charge in [-0.05, 0) is 19.1 Å². The molecule has 26 heavy (non-hydrogen) atoms. The van der Waals surface area contributed by atoms with Crippen molar-refractivity contribution in [2.24, 2.45) is 0 Å². The van der Waals surface area contributed by atoms with Gasteiger partial charge in [0.15, 0.2) is 5.89 Å². The summed E-state index contributed by atoms with van der Waals surface area (Å²) in [4.78, 5) is 33.5. The zero-order valence-electron chi connectivity index (χ0n) is 14.9. The summed E-state index contributed by atoms with van der Waals surface area (Å²) in [7, 11) is 1.58. The Morgan fingerprint density at radius 3 is 2.88 bits per heavy atom. The van der Waals surface area contributed by atoms with Crippen molar-refractivity contribution in [3.63, 3.8) is 0 Å². The Morgan fingerprint density at radius 1 is 1.38 bits per heavy atom. The normalized spacial score (nSPS) is 11.0. The van der Waals surface area contributed by atoms with Crippen LogP contribution in [0.3, 0.4) is 0 Å². The predicted molar refractivity (Wildman–Crippen MR) is 95.0 cm³/mol. The molecule has 0 aliphatic carbocycles. The molecule has 0 saturated carbocycles. The van der Waals surface area contributed by atoms with E-state index in [1.165, 1.54) is 0 Å². The zero-order chi connectivity index (χ0) is 18.7. The molecule has 1 amide bonds. The Hall–Kier alpha value is -3.00. The maximum atomic E-state index is 12.6. The largest absolute Gasteiger partial charge is 0.444 e. The Bertz CT molecular complexity index is 1010. The number of aryl methyl sites for hydroxylation is 2. The van der Waals surface area contributed by atoms with Crippen LogP contribution in [-0.2, 0) is 17.8 Å². The lowest BCUT2D eigenvalue weighted by Crippen LogP contribution is -2.25. The standard InChI is InChI=1S/C18H20N4O4/c1-11-14(17(23)20-10-13-9-19-12(2)26-13)8-15-16(21-11)4-5-22(18(15)24)6-7-25-3/h4-5,8-9H,6-7,10H2,1-3H3,(H,20,23). The summed E-state index contributed by atoms with van der Waals surface area (Å²) in [6, 6.07) is 3.35. The van der Waals surface area contributed by atoms with Gasteiger partial charge in [0.2, 0.25) is 0 Å². The van der Waals surface area contributed by atoms with Gasteiger partial charge in [-0.15, -0.1) is 0 Å². The number of nitrogens with zero attached hydrogens (tertiary/aromatic N) is 3. The molecule has 0 radical (unpaired) electrons. The Balaban J connectivity index is 1.89. The average molecular weight is 356 g/mol. The van der Waals surface area contributed by atoms with Gasteiger partial charge in [0.25, 0.3) is 11.5 Å².